The number of aryl methyl sites for hydroxylation is 1. The van der Waals surface area contributed by atoms with E-state index in [1.807, 2.05) is 6.92 Å². The van der Waals surface area contributed by atoms with Crippen molar-refractivity contribution in [1.29, 1.82) is 0 Å². The van der Waals surface area contributed by atoms with Crippen LogP contribution in [-0.2, 0) is 6.54 Å². The molecule has 1 aromatic heterocycles. The van der Waals surface area contributed by atoms with Crippen LogP contribution < -0.4 is 10.2 Å². The zero-order valence-corrected chi connectivity index (χ0v) is 12.8. The van der Waals surface area contributed by atoms with Crippen LogP contribution in [0.2, 0.25) is 0 Å². The van der Waals surface area contributed by atoms with Gasteiger partial charge in [-0.25, -0.2) is 4.98 Å². The van der Waals surface area contributed by atoms with Crippen molar-refractivity contribution in [3.63, 3.8) is 0 Å². The number of hydrogen-bond donors (Lipinski definition) is 1. The van der Waals surface area contributed by atoms with Gasteiger partial charge in [-0.3, -0.25) is 0 Å². The number of benzene rings is 1. The monoisotopic (exact) mass is 285 g/mol. The van der Waals surface area contributed by atoms with Crippen LogP contribution in [0, 0.1) is 6.92 Å². The molecule has 112 valence electrons. The summed E-state index contributed by atoms with van der Waals surface area (Å²) >= 11 is 0. The van der Waals surface area contributed by atoms with Crippen LogP contribution in [0.15, 0.2) is 34.9 Å². The highest BCUT2D eigenvalue weighted by Gasteiger charge is 2.13. The van der Waals surface area contributed by atoms with Crippen LogP contribution in [-0.4, -0.2) is 18.1 Å². The Bertz CT molecular complexity index is 570. The summed E-state index contributed by atoms with van der Waals surface area (Å²) in [6, 6.07) is 8.98. The molecule has 4 nitrogen and oxygen atoms in total. The second-order valence-corrected chi connectivity index (χ2v) is 5.77. The first-order valence-corrected chi connectivity index (χ1v) is 7.72. The summed E-state index contributed by atoms with van der Waals surface area (Å²) in [7, 11) is 0. The lowest BCUT2D eigenvalue weighted by Crippen LogP contribution is -2.19. The van der Waals surface area contributed by atoms with E-state index in [-0.39, 0.29) is 6.04 Å². The Morgan fingerprint density at radius 2 is 1.95 bits per heavy atom. The van der Waals surface area contributed by atoms with Crippen molar-refractivity contribution in [2.75, 3.05) is 18.0 Å². The van der Waals surface area contributed by atoms with Gasteiger partial charge in [-0.15, -0.1) is 0 Å². The number of rotatable bonds is 5. The van der Waals surface area contributed by atoms with Gasteiger partial charge < -0.3 is 14.6 Å². The van der Waals surface area contributed by atoms with E-state index in [9.17, 15) is 0 Å². The fourth-order valence-electron chi connectivity index (χ4n) is 2.73. The Morgan fingerprint density at radius 1 is 1.24 bits per heavy atom. The molecule has 21 heavy (non-hydrogen) atoms. The molecule has 0 bridgehead atoms. The summed E-state index contributed by atoms with van der Waals surface area (Å²) in [5.41, 5.74) is 2.63. The Balaban J connectivity index is 1.55. The third kappa shape index (κ3) is 3.45. The molecule has 3 rings (SSSR count). The first-order valence-electron chi connectivity index (χ1n) is 7.72. The molecule has 1 fully saturated rings. The lowest BCUT2D eigenvalue weighted by molar-refractivity contribution is 0.402. The van der Waals surface area contributed by atoms with Crippen molar-refractivity contribution < 1.29 is 4.42 Å². The van der Waals surface area contributed by atoms with Gasteiger partial charge >= 0.3 is 0 Å². The highest BCUT2D eigenvalue weighted by molar-refractivity contribution is 5.48. The largest absolute Gasteiger partial charge is 0.444 e. The van der Waals surface area contributed by atoms with Crippen molar-refractivity contribution in [3.8, 4) is 0 Å². The van der Waals surface area contributed by atoms with Gasteiger partial charge in [-0.05, 0) is 44.4 Å². The quantitative estimate of drug-likeness (QED) is 0.913. The van der Waals surface area contributed by atoms with E-state index in [0.717, 1.165) is 18.2 Å². The number of nitrogens with one attached hydrogen (secondary N) is 1. The molecular formula is C17H23N3O. The minimum absolute atomic E-state index is 0.122. The first-order chi connectivity index (χ1) is 10.2. The molecular weight excluding hydrogens is 262 g/mol. The molecule has 4 heteroatoms. The van der Waals surface area contributed by atoms with Gasteiger partial charge in [0.1, 0.15) is 5.76 Å². The van der Waals surface area contributed by atoms with Gasteiger partial charge in [-0.1, -0.05) is 12.1 Å². The standard InChI is InChI=1S/C17H23N3O/c1-13-11-19-17(21-13)14(2)18-12-15-5-7-16(8-6-15)20-9-3-4-10-20/h5-8,11,14,18H,3-4,9-10,12H2,1-2H3. The van der Waals surface area contributed by atoms with Gasteiger partial charge in [0.15, 0.2) is 0 Å². The van der Waals surface area contributed by atoms with E-state index in [4.69, 9.17) is 4.42 Å². The maximum Gasteiger partial charge on any atom is 0.211 e. The SMILES string of the molecule is Cc1cnc(C(C)NCc2ccc(N3CCCC3)cc2)o1. The van der Waals surface area contributed by atoms with Crippen LogP contribution in [0.1, 0.15) is 43.0 Å². The molecule has 0 aliphatic carbocycles. The third-order valence-electron chi connectivity index (χ3n) is 4.03. The molecule has 0 saturated carbocycles. The lowest BCUT2D eigenvalue weighted by Gasteiger charge is -2.18. The van der Waals surface area contributed by atoms with Crippen LogP contribution in [0.5, 0.6) is 0 Å². The van der Waals surface area contributed by atoms with E-state index in [1.54, 1.807) is 6.20 Å². The molecule has 1 aliphatic rings. The Hall–Kier alpha value is -1.81. The number of hydrogen-bond acceptors (Lipinski definition) is 4. The number of oxazole rings is 1. The summed E-state index contributed by atoms with van der Waals surface area (Å²) in [5.74, 6) is 1.61. The van der Waals surface area contributed by atoms with Crippen LogP contribution in [0.3, 0.4) is 0 Å². The van der Waals surface area contributed by atoms with E-state index in [0.29, 0.717) is 0 Å². The molecule has 1 aliphatic heterocycles. The zero-order valence-electron chi connectivity index (χ0n) is 12.8. The van der Waals surface area contributed by atoms with Gasteiger partial charge in [0.25, 0.3) is 0 Å². The molecule has 2 heterocycles. The van der Waals surface area contributed by atoms with Gasteiger partial charge in [-0.2, -0.15) is 0 Å². The van der Waals surface area contributed by atoms with E-state index in [1.165, 1.54) is 37.2 Å². The molecule has 1 unspecified atom stereocenters. The molecule has 1 aromatic carbocycles. The maximum absolute atomic E-state index is 5.54. The smallest absolute Gasteiger partial charge is 0.211 e. The highest BCUT2D eigenvalue weighted by Crippen LogP contribution is 2.20. The van der Waals surface area contributed by atoms with Crippen molar-refractivity contribution >= 4 is 5.69 Å². The summed E-state index contributed by atoms with van der Waals surface area (Å²) in [4.78, 5) is 6.71. The van der Waals surface area contributed by atoms with Crippen molar-refractivity contribution in [1.82, 2.24) is 10.3 Å². The van der Waals surface area contributed by atoms with Gasteiger partial charge in [0.2, 0.25) is 5.89 Å². The molecule has 1 saturated heterocycles. The molecule has 0 radical (unpaired) electrons. The number of anilines is 1. The van der Waals surface area contributed by atoms with Gasteiger partial charge in [0, 0.05) is 25.3 Å². The average molecular weight is 285 g/mol. The number of aromatic nitrogens is 1. The molecule has 1 atom stereocenters. The predicted octanol–water partition coefficient (Wildman–Crippen LogP) is 3.43. The Kier molecular flexibility index (Phi) is 4.25. The minimum Gasteiger partial charge on any atom is -0.444 e. The molecule has 0 amide bonds. The topological polar surface area (TPSA) is 41.3 Å². The normalized spacial score (nSPS) is 16.4. The maximum atomic E-state index is 5.54. The predicted molar refractivity (Wildman–Crippen MR) is 84.4 cm³/mol. The Morgan fingerprint density at radius 3 is 2.57 bits per heavy atom. The van der Waals surface area contributed by atoms with Crippen molar-refractivity contribution in [3.05, 3.63) is 47.7 Å². The van der Waals surface area contributed by atoms with Crippen LogP contribution in [0.25, 0.3) is 0 Å². The molecule has 1 N–H and O–H groups in total. The fraction of sp³-hybridized carbons (Fsp3) is 0.471. The van der Waals surface area contributed by atoms with E-state index < -0.39 is 0 Å². The van der Waals surface area contributed by atoms with Crippen molar-refractivity contribution in [2.45, 2.75) is 39.3 Å². The summed E-state index contributed by atoms with van der Waals surface area (Å²) in [6.45, 7) is 7.20. The van der Waals surface area contributed by atoms with Crippen LogP contribution in [0.4, 0.5) is 5.69 Å². The molecule has 0 spiro atoms. The fourth-order valence-corrected chi connectivity index (χ4v) is 2.73. The van der Waals surface area contributed by atoms with E-state index in [2.05, 4.69) is 46.4 Å². The highest BCUT2D eigenvalue weighted by atomic mass is 16.4. The summed E-state index contributed by atoms with van der Waals surface area (Å²) < 4.78 is 5.54. The number of nitrogens with zero attached hydrogens (tertiary/aromatic N) is 2. The minimum atomic E-state index is 0.122. The average Bonchev–Trinajstić information content (AvgIpc) is 3.16. The summed E-state index contributed by atoms with van der Waals surface area (Å²) in [6.07, 6.45) is 4.39. The lowest BCUT2D eigenvalue weighted by atomic mass is 10.2. The van der Waals surface area contributed by atoms with Crippen molar-refractivity contribution in [2.24, 2.45) is 0 Å². The summed E-state index contributed by atoms with van der Waals surface area (Å²) in [5, 5.41) is 3.45. The van der Waals surface area contributed by atoms with E-state index >= 15 is 0 Å². The molecule has 2 aromatic rings. The Labute approximate surface area is 126 Å². The van der Waals surface area contributed by atoms with Gasteiger partial charge in [0.05, 0.1) is 12.2 Å². The first kappa shape index (κ1) is 14.1. The third-order valence-corrected chi connectivity index (χ3v) is 4.03. The second kappa shape index (κ2) is 6.31. The second-order valence-electron chi connectivity index (χ2n) is 5.77. The zero-order chi connectivity index (χ0) is 14.7. The van der Waals surface area contributed by atoms with Crippen LogP contribution >= 0.6 is 0 Å².